The van der Waals surface area contributed by atoms with Crippen LogP contribution in [0.1, 0.15) is 27.6 Å². The molecule has 16 heavy (non-hydrogen) atoms. The van der Waals surface area contributed by atoms with Crippen LogP contribution in [0.3, 0.4) is 0 Å². The highest BCUT2D eigenvalue weighted by Crippen LogP contribution is 2.28. The second-order valence-electron chi connectivity index (χ2n) is 3.97. The zero-order valence-corrected chi connectivity index (χ0v) is 10.9. The van der Waals surface area contributed by atoms with Crippen LogP contribution in [0.25, 0.3) is 0 Å². The van der Waals surface area contributed by atoms with E-state index >= 15 is 0 Å². The second kappa shape index (κ2) is 4.58. The van der Waals surface area contributed by atoms with E-state index in [2.05, 4.69) is 25.3 Å². The summed E-state index contributed by atoms with van der Waals surface area (Å²) in [5.41, 5.74) is 9.69. The lowest BCUT2D eigenvalue weighted by molar-refractivity contribution is 0.866. The maximum absolute atomic E-state index is 6.25. The van der Waals surface area contributed by atoms with Gasteiger partial charge in [0.2, 0.25) is 0 Å². The van der Waals surface area contributed by atoms with Crippen LogP contribution in [0.2, 0.25) is 5.02 Å². The average Bonchev–Trinajstić information content (AvgIpc) is 2.67. The van der Waals surface area contributed by atoms with E-state index in [1.54, 1.807) is 11.3 Å². The normalized spacial score (nSPS) is 12.8. The molecule has 2 N–H and O–H groups in total. The third kappa shape index (κ3) is 2.29. The van der Waals surface area contributed by atoms with Crippen LogP contribution >= 0.6 is 22.9 Å². The zero-order valence-electron chi connectivity index (χ0n) is 9.33. The fourth-order valence-corrected chi connectivity index (χ4v) is 2.67. The third-order valence-electron chi connectivity index (χ3n) is 2.69. The van der Waals surface area contributed by atoms with E-state index in [4.69, 9.17) is 17.3 Å². The van der Waals surface area contributed by atoms with E-state index in [1.165, 1.54) is 10.4 Å². The predicted molar refractivity (Wildman–Crippen MR) is 71.3 cm³/mol. The molecule has 84 valence electrons. The van der Waals surface area contributed by atoms with Crippen LogP contribution < -0.4 is 5.73 Å². The van der Waals surface area contributed by atoms with Gasteiger partial charge in [-0.3, -0.25) is 0 Å². The molecule has 0 fully saturated rings. The number of benzene rings is 1. The molecule has 1 aromatic heterocycles. The Kier molecular flexibility index (Phi) is 3.33. The molecule has 0 radical (unpaired) electrons. The standard InChI is InChI=1S/C13H14ClNS/c1-8-3-4-11(14)6-12(8)13(15)10-5-9(2)16-7-10/h3-7,13H,15H2,1-2H3. The maximum atomic E-state index is 6.25. The summed E-state index contributed by atoms with van der Waals surface area (Å²) in [5.74, 6) is 0. The van der Waals surface area contributed by atoms with Crippen molar-refractivity contribution in [3.8, 4) is 0 Å². The van der Waals surface area contributed by atoms with Crippen molar-refractivity contribution in [2.75, 3.05) is 0 Å². The molecule has 0 amide bonds. The molecular formula is C13H14ClNS. The summed E-state index contributed by atoms with van der Waals surface area (Å²) in [6.07, 6.45) is 0. The van der Waals surface area contributed by atoms with E-state index < -0.39 is 0 Å². The molecule has 0 aliphatic carbocycles. The molecule has 2 aromatic rings. The highest BCUT2D eigenvalue weighted by molar-refractivity contribution is 7.10. The van der Waals surface area contributed by atoms with Crippen molar-refractivity contribution in [1.29, 1.82) is 0 Å². The van der Waals surface area contributed by atoms with Gasteiger partial charge < -0.3 is 5.73 Å². The quantitative estimate of drug-likeness (QED) is 0.856. The first-order valence-corrected chi connectivity index (χ1v) is 6.40. The molecule has 0 aliphatic rings. The molecular weight excluding hydrogens is 238 g/mol. The summed E-state index contributed by atoms with van der Waals surface area (Å²) in [6, 6.07) is 7.91. The van der Waals surface area contributed by atoms with Crippen molar-refractivity contribution in [2.24, 2.45) is 5.73 Å². The van der Waals surface area contributed by atoms with Crippen LogP contribution in [0.5, 0.6) is 0 Å². The molecule has 1 heterocycles. The zero-order chi connectivity index (χ0) is 11.7. The summed E-state index contributed by atoms with van der Waals surface area (Å²) in [5, 5.41) is 2.85. The van der Waals surface area contributed by atoms with E-state index in [0.717, 1.165) is 16.1 Å². The average molecular weight is 252 g/mol. The lowest BCUT2D eigenvalue weighted by Crippen LogP contribution is -2.12. The van der Waals surface area contributed by atoms with Gasteiger partial charge in [0.05, 0.1) is 6.04 Å². The van der Waals surface area contributed by atoms with Crippen molar-refractivity contribution in [3.63, 3.8) is 0 Å². The van der Waals surface area contributed by atoms with Crippen molar-refractivity contribution in [2.45, 2.75) is 19.9 Å². The largest absolute Gasteiger partial charge is 0.320 e. The third-order valence-corrected chi connectivity index (χ3v) is 3.80. The summed E-state index contributed by atoms with van der Waals surface area (Å²) in [6.45, 7) is 4.15. The van der Waals surface area contributed by atoms with E-state index in [0.29, 0.717) is 0 Å². The number of rotatable bonds is 2. The molecule has 3 heteroatoms. The van der Waals surface area contributed by atoms with Crippen LogP contribution in [0.15, 0.2) is 29.6 Å². The van der Waals surface area contributed by atoms with Gasteiger partial charge in [0.25, 0.3) is 0 Å². The lowest BCUT2D eigenvalue weighted by atomic mass is 9.97. The molecule has 0 spiro atoms. The summed E-state index contributed by atoms with van der Waals surface area (Å²) >= 11 is 7.73. The van der Waals surface area contributed by atoms with Gasteiger partial charge in [0.15, 0.2) is 0 Å². The number of halogens is 1. The highest BCUT2D eigenvalue weighted by Gasteiger charge is 2.12. The molecule has 1 atom stereocenters. The Labute approximate surface area is 105 Å². The van der Waals surface area contributed by atoms with E-state index in [1.807, 2.05) is 18.2 Å². The Morgan fingerprint density at radius 3 is 2.62 bits per heavy atom. The van der Waals surface area contributed by atoms with Crippen LogP contribution in [0, 0.1) is 13.8 Å². The lowest BCUT2D eigenvalue weighted by Gasteiger charge is -2.13. The molecule has 1 unspecified atom stereocenters. The number of hydrogen-bond acceptors (Lipinski definition) is 2. The van der Waals surface area contributed by atoms with Gasteiger partial charge in [0, 0.05) is 9.90 Å². The number of aryl methyl sites for hydroxylation is 2. The van der Waals surface area contributed by atoms with Crippen molar-refractivity contribution >= 4 is 22.9 Å². The first-order chi connectivity index (χ1) is 7.58. The molecule has 1 nitrogen and oxygen atoms in total. The predicted octanol–water partition coefficient (Wildman–Crippen LogP) is 4.07. The van der Waals surface area contributed by atoms with E-state index in [9.17, 15) is 0 Å². The fraction of sp³-hybridized carbons (Fsp3) is 0.231. The van der Waals surface area contributed by atoms with Gasteiger partial charge in [-0.05, 0) is 54.1 Å². The van der Waals surface area contributed by atoms with Gasteiger partial charge in [-0.25, -0.2) is 0 Å². The minimum Gasteiger partial charge on any atom is -0.320 e. The molecule has 0 saturated carbocycles. The molecule has 0 bridgehead atoms. The van der Waals surface area contributed by atoms with Crippen LogP contribution in [-0.2, 0) is 0 Å². The number of hydrogen-bond donors (Lipinski definition) is 1. The maximum Gasteiger partial charge on any atom is 0.0563 e. The van der Waals surface area contributed by atoms with Gasteiger partial charge >= 0.3 is 0 Å². The first-order valence-electron chi connectivity index (χ1n) is 5.14. The SMILES string of the molecule is Cc1cc(C(N)c2cc(Cl)ccc2C)cs1. The summed E-state index contributed by atoms with van der Waals surface area (Å²) in [4.78, 5) is 1.28. The fourth-order valence-electron chi connectivity index (χ4n) is 1.75. The van der Waals surface area contributed by atoms with Crippen molar-refractivity contribution in [1.82, 2.24) is 0 Å². The number of nitrogens with two attached hydrogens (primary N) is 1. The monoisotopic (exact) mass is 251 g/mol. The minimum atomic E-state index is -0.0800. The molecule has 1 aromatic carbocycles. The summed E-state index contributed by atoms with van der Waals surface area (Å²) in [7, 11) is 0. The first kappa shape index (κ1) is 11.6. The molecule has 2 rings (SSSR count). The van der Waals surface area contributed by atoms with Gasteiger partial charge in [-0.15, -0.1) is 11.3 Å². The Bertz CT molecular complexity index is 504. The van der Waals surface area contributed by atoms with E-state index in [-0.39, 0.29) is 6.04 Å². The van der Waals surface area contributed by atoms with Gasteiger partial charge in [-0.2, -0.15) is 0 Å². The van der Waals surface area contributed by atoms with Crippen LogP contribution in [-0.4, -0.2) is 0 Å². The van der Waals surface area contributed by atoms with Crippen LogP contribution in [0.4, 0.5) is 0 Å². The molecule has 0 aliphatic heterocycles. The molecule has 0 saturated heterocycles. The number of thiophene rings is 1. The minimum absolute atomic E-state index is 0.0800. The van der Waals surface area contributed by atoms with Gasteiger partial charge in [-0.1, -0.05) is 17.7 Å². The Hall–Kier alpha value is -0.830. The topological polar surface area (TPSA) is 26.0 Å². The smallest absolute Gasteiger partial charge is 0.0563 e. The van der Waals surface area contributed by atoms with Gasteiger partial charge in [0.1, 0.15) is 0 Å². The Morgan fingerprint density at radius 2 is 2.00 bits per heavy atom. The Balaban J connectivity index is 2.40. The summed E-state index contributed by atoms with van der Waals surface area (Å²) < 4.78 is 0. The second-order valence-corrected chi connectivity index (χ2v) is 5.52. The van der Waals surface area contributed by atoms with Crippen molar-refractivity contribution < 1.29 is 0 Å². The van der Waals surface area contributed by atoms with Crippen molar-refractivity contribution in [3.05, 3.63) is 56.2 Å². The Morgan fingerprint density at radius 1 is 1.25 bits per heavy atom. The highest BCUT2D eigenvalue weighted by atomic mass is 35.5.